The van der Waals surface area contributed by atoms with Crippen LogP contribution in [-0.4, -0.2) is 36.1 Å². The van der Waals surface area contributed by atoms with Gasteiger partial charge in [-0.1, -0.05) is 0 Å². The Hall–Kier alpha value is -0.0800. The van der Waals surface area contributed by atoms with E-state index in [0.717, 1.165) is 18.1 Å². The summed E-state index contributed by atoms with van der Waals surface area (Å²) in [5.74, 6) is 0. The Kier molecular flexibility index (Phi) is 2.89. The second-order valence-electron chi connectivity index (χ2n) is 4.76. The molecule has 0 aliphatic carbocycles. The molecule has 2 heteroatoms. The molecule has 0 aromatic rings. The van der Waals surface area contributed by atoms with Gasteiger partial charge in [0, 0.05) is 18.1 Å². The van der Waals surface area contributed by atoms with Gasteiger partial charge >= 0.3 is 0 Å². The Balaban J connectivity index is 1.91. The van der Waals surface area contributed by atoms with Crippen molar-refractivity contribution in [2.24, 2.45) is 0 Å². The maximum absolute atomic E-state index is 3.52. The first-order valence-corrected chi connectivity index (χ1v) is 5.76. The van der Waals surface area contributed by atoms with E-state index in [1.165, 1.54) is 38.8 Å². The summed E-state index contributed by atoms with van der Waals surface area (Å²) in [5.41, 5.74) is 0. The molecule has 0 spiro atoms. The molecular weight excluding hydrogens is 160 g/mol. The molecule has 2 aliphatic rings. The van der Waals surface area contributed by atoms with Crippen molar-refractivity contribution >= 4 is 0 Å². The number of likely N-dealkylation sites (tertiary alicyclic amines) is 1. The molecule has 2 saturated heterocycles. The molecule has 0 bridgehead atoms. The van der Waals surface area contributed by atoms with Gasteiger partial charge in [-0.25, -0.2) is 0 Å². The molecule has 76 valence electrons. The largest absolute Gasteiger partial charge is 0.314 e. The van der Waals surface area contributed by atoms with Crippen molar-refractivity contribution in [3.63, 3.8) is 0 Å². The van der Waals surface area contributed by atoms with Crippen molar-refractivity contribution in [2.45, 2.75) is 57.7 Å². The number of nitrogens with one attached hydrogen (secondary N) is 1. The SMILES string of the molecule is CC1CC(N2CCCC2C)CCN1. The minimum atomic E-state index is 0.728. The van der Waals surface area contributed by atoms with E-state index in [0.29, 0.717) is 0 Å². The standard InChI is InChI=1S/C11H22N2/c1-9-8-11(5-6-12-9)13-7-3-4-10(13)2/h9-12H,3-8H2,1-2H3. The molecule has 0 aromatic heterocycles. The van der Waals surface area contributed by atoms with E-state index in [4.69, 9.17) is 0 Å². The van der Waals surface area contributed by atoms with Gasteiger partial charge in [-0.05, 0) is 52.6 Å². The third-order valence-electron chi connectivity index (χ3n) is 3.67. The minimum absolute atomic E-state index is 0.728. The van der Waals surface area contributed by atoms with Crippen LogP contribution in [0.1, 0.15) is 39.5 Å². The Morgan fingerprint density at radius 1 is 1.23 bits per heavy atom. The maximum atomic E-state index is 3.52. The van der Waals surface area contributed by atoms with Gasteiger partial charge in [-0.2, -0.15) is 0 Å². The average molecular weight is 182 g/mol. The first-order valence-electron chi connectivity index (χ1n) is 5.76. The summed E-state index contributed by atoms with van der Waals surface area (Å²) in [6.07, 6.45) is 5.54. The van der Waals surface area contributed by atoms with E-state index in [1.54, 1.807) is 0 Å². The Morgan fingerprint density at radius 3 is 2.69 bits per heavy atom. The van der Waals surface area contributed by atoms with Crippen molar-refractivity contribution in [1.29, 1.82) is 0 Å². The van der Waals surface area contributed by atoms with Crippen LogP contribution < -0.4 is 5.32 Å². The van der Waals surface area contributed by atoms with E-state index in [9.17, 15) is 0 Å². The van der Waals surface area contributed by atoms with Crippen molar-refractivity contribution in [1.82, 2.24) is 10.2 Å². The van der Waals surface area contributed by atoms with Gasteiger partial charge in [0.2, 0.25) is 0 Å². The summed E-state index contributed by atoms with van der Waals surface area (Å²) in [5, 5.41) is 3.52. The molecule has 2 heterocycles. The topological polar surface area (TPSA) is 15.3 Å². The Labute approximate surface area is 81.7 Å². The lowest BCUT2D eigenvalue weighted by molar-refractivity contribution is 0.141. The summed E-state index contributed by atoms with van der Waals surface area (Å²) in [7, 11) is 0. The van der Waals surface area contributed by atoms with Gasteiger partial charge in [0.05, 0.1) is 0 Å². The van der Waals surface area contributed by atoms with Crippen LogP contribution in [0.5, 0.6) is 0 Å². The number of hydrogen-bond donors (Lipinski definition) is 1. The molecule has 13 heavy (non-hydrogen) atoms. The summed E-state index contributed by atoms with van der Waals surface area (Å²) in [6, 6.07) is 2.44. The highest BCUT2D eigenvalue weighted by molar-refractivity contribution is 4.87. The van der Waals surface area contributed by atoms with Crippen LogP contribution in [-0.2, 0) is 0 Å². The van der Waals surface area contributed by atoms with Gasteiger partial charge in [0.1, 0.15) is 0 Å². The fourth-order valence-electron chi connectivity index (χ4n) is 2.90. The molecule has 2 rings (SSSR count). The summed E-state index contributed by atoms with van der Waals surface area (Å²) in [4.78, 5) is 2.73. The predicted octanol–water partition coefficient (Wildman–Crippen LogP) is 1.61. The second-order valence-corrected chi connectivity index (χ2v) is 4.76. The van der Waals surface area contributed by atoms with Crippen LogP contribution in [0.2, 0.25) is 0 Å². The van der Waals surface area contributed by atoms with E-state index in [2.05, 4.69) is 24.1 Å². The Morgan fingerprint density at radius 2 is 2.08 bits per heavy atom. The van der Waals surface area contributed by atoms with E-state index >= 15 is 0 Å². The molecular formula is C11H22N2. The van der Waals surface area contributed by atoms with E-state index in [1.807, 2.05) is 0 Å². The molecule has 0 amide bonds. The predicted molar refractivity (Wildman–Crippen MR) is 55.9 cm³/mol. The molecule has 0 saturated carbocycles. The van der Waals surface area contributed by atoms with E-state index in [-0.39, 0.29) is 0 Å². The van der Waals surface area contributed by atoms with Crippen molar-refractivity contribution < 1.29 is 0 Å². The smallest absolute Gasteiger partial charge is 0.0125 e. The van der Waals surface area contributed by atoms with Crippen LogP contribution >= 0.6 is 0 Å². The maximum Gasteiger partial charge on any atom is 0.0125 e. The normalized spacial score (nSPS) is 42.5. The van der Waals surface area contributed by atoms with Crippen LogP contribution in [0.4, 0.5) is 0 Å². The fraction of sp³-hybridized carbons (Fsp3) is 1.00. The highest BCUT2D eigenvalue weighted by Crippen LogP contribution is 2.25. The lowest BCUT2D eigenvalue weighted by Gasteiger charge is -2.37. The average Bonchev–Trinajstić information content (AvgIpc) is 2.51. The number of nitrogens with zero attached hydrogens (tertiary/aromatic N) is 1. The molecule has 2 aliphatic heterocycles. The third-order valence-corrected chi connectivity index (χ3v) is 3.67. The van der Waals surface area contributed by atoms with Gasteiger partial charge < -0.3 is 5.32 Å². The highest BCUT2D eigenvalue weighted by Gasteiger charge is 2.30. The van der Waals surface area contributed by atoms with Crippen molar-refractivity contribution in [3.8, 4) is 0 Å². The van der Waals surface area contributed by atoms with Gasteiger partial charge in [0.25, 0.3) is 0 Å². The van der Waals surface area contributed by atoms with Crippen molar-refractivity contribution in [2.75, 3.05) is 13.1 Å². The molecule has 1 N–H and O–H groups in total. The van der Waals surface area contributed by atoms with Gasteiger partial charge in [0.15, 0.2) is 0 Å². The number of piperidine rings is 1. The lowest BCUT2D eigenvalue weighted by Crippen LogP contribution is -2.47. The summed E-state index contributed by atoms with van der Waals surface area (Å²) >= 11 is 0. The van der Waals surface area contributed by atoms with Crippen LogP contribution in [0.3, 0.4) is 0 Å². The quantitative estimate of drug-likeness (QED) is 0.663. The first-order chi connectivity index (χ1) is 6.27. The monoisotopic (exact) mass is 182 g/mol. The molecule has 0 radical (unpaired) electrons. The van der Waals surface area contributed by atoms with E-state index < -0.39 is 0 Å². The summed E-state index contributed by atoms with van der Waals surface area (Å²) < 4.78 is 0. The summed E-state index contributed by atoms with van der Waals surface area (Å²) in [6.45, 7) is 7.26. The van der Waals surface area contributed by atoms with Gasteiger partial charge in [-0.15, -0.1) is 0 Å². The molecule has 0 aromatic carbocycles. The molecule has 3 unspecified atom stereocenters. The third kappa shape index (κ3) is 2.05. The fourth-order valence-corrected chi connectivity index (χ4v) is 2.90. The van der Waals surface area contributed by atoms with Crippen LogP contribution in [0, 0.1) is 0 Å². The van der Waals surface area contributed by atoms with Crippen LogP contribution in [0.25, 0.3) is 0 Å². The molecule has 3 atom stereocenters. The lowest BCUT2D eigenvalue weighted by atomic mass is 9.98. The molecule has 2 nitrogen and oxygen atoms in total. The van der Waals surface area contributed by atoms with Gasteiger partial charge in [-0.3, -0.25) is 4.90 Å². The second kappa shape index (κ2) is 3.97. The zero-order valence-electron chi connectivity index (χ0n) is 8.92. The zero-order chi connectivity index (χ0) is 9.26. The zero-order valence-corrected chi connectivity index (χ0v) is 8.92. The number of hydrogen-bond acceptors (Lipinski definition) is 2. The first kappa shape index (κ1) is 9.47. The van der Waals surface area contributed by atoms with Crippen molar-refractivity contribution in [3.05, 3.63) is 0 Å². The highest BCUT2D eigenvalue weighted by atomic mass is 15.2. The Bertz CT molecular complexity index is 169. The minimum Gasteiger partial charge on any atom is -0.314 e. The number of rotatable bonds is 1. The molecule has 2 fully saturated rings. The van der Waals surface area contributed by atoms with Crippen LogP contribution in [0.15, 0.2) is 0 Å².